The highest BCUT2D eigenvalue weighted by molar-refractivity contribution is 7.18. The van der Waals surface area contributed by atoms with Crippen LogP contribution in [0, 0.1) is 12.8 Å². The van der Waals surface area contributed by atoms with E-state index in [9.17, 15) is 4.79 Å². The quantitative estimate of drug-likeness (QED) is 0.787. The van der Waals surface area contributed by atoms with Gasteiger partial charge in [0.15, 0.2) is 0 Å². The van der Waals surface area contributed by atoms with Crippen LogP contribution in [0.3, 0.4) is 0 Å². The van der Waals surface area contributed by atoms with Crippen LogP contribution in [0.5, 0.6) is 0 Å². The van der Waals surface area contributed by atoms with Crippen molar-refractivity contribution >= 4 is 21.6 Å². The van der Waals surface area contributed by atoms with Crippen molar-refractivity contribution in [3.63, 3.8) is 0 Å². The van der Waals surface area contributed by atoms with Crippen LogP contribution in [-0.2, 0) is 13.0 Å². The van der Waals surface area contributed by atoms with Crippen molar-refractivity contribution in [2.24, 2.45) is 5.92 Å². The van der Waals surface area contributed by atoms with Crippen molar-refractivity contribution in [3.8, 4) is 0 Å². The Kier molecular flexibility index (Phi) is 3.50. The summed E-state index contributed by atoms with van der Waals surface area (Å²) in [5, 5.41) is 4.22. The van der Waals surface area contributed by atoms with Crippen molar-refractivity contribution < 1.29 is 0 Å². The maximum atomic E-state index is 13.4. The molecule has 0 unspecified atom stereocenters. The highest BCUT2D eigenvalue weighted by atomic mass is 32.1. The first kappa shape index (κ1) is 15.2. The molecule has 4 heterocycles. The Morgan fingerprint density at radius 3 is 3.04 bits per heavy atom. The number of aromatic nitrogens is 3. The molecule has 3 aromatic rings. The van der Waals surface area contributed by atoms with Gasteiger partial charge in [0.1, 0.15) is 4.83 Å². The maximum absolute atomic E-state index is 13.4. The highest BCUT2D eigenvalue weighted by Crippen LogP contribution is 2.42. The molecule has 0 amide bonds. The van der Waals surface area contributed by atoms with Crippen molar-refractivity contribution in [1.29, 1.82) is 0 Å². The molecule has 6 heteroatoms. The normalized spacial score (nSPS) is 18.3. The zero-order valence-corrected chi connectivity index (χ0v) is 15.0. The first-order valence-electron chi connectivity index (χ1n) is 8.87. The fraction of sp³-hybridized carbons (Fsp3) is 0.421. The number of fused-ring (bicyclic) bond motifs is 3. The van der Waals surface area contributed by atoms with Gasteiger partial charge in [-0.05, 0) is 61.9 Å². The largest absolute Gasteiger partial charge is 0.312 e. The fourth-order valence-electron chi connectivity index (χ4n) is 3.87. The lowest BCUT2D eigenvalue weighted by Crippen LogP contribution is -2.29. The van der Waals surface area contributed by atoms with Gasteiger partial charge in [0.25, 0.3) is 5.56 Å². The van der Waals surface area contributed by atoms with E-state index in [0.29, 0.717) is 5.92 Å². The summed E-state index contributed by atoms with van der Waals surface area (Å²) in [6.07, 6.45) is 6.79. The van der Waals surface area contributed by atoms with E-state index in [1.807, 2.05) is 16.8 Å². The molecule has 1 N–H and O–H groups in total. The summed E-state index contributed by atoms with van der Waals surface area (Å²) in [6.45, 7) is 3.85. The van der Waals surface area contributed by atoms with Crippen LogP contribution in [0.15, 0.2) is 29.5 Å². The molecule has 25 heavy (non-hydrogen) atoms. The third-order valence-corrected chi connectivity index (χ3v) is 6.41. The average molecular weight is 352 g/mol. The Morgan fingerprint density at radius 1 is 1.36 bits per heavy atom. The van der Waals surface area contributed by atoms with Gasteiger partial charge in [0.2, 0.25) is 0 Å². The summed E-state index contributed by atoms with van der Waals surface area (Å²) in [7, 11) is 0. The molecule has 1 atom stereocenters. The van der Waals surface area contributed by atoms with E-state index in [1.165, 1.54) is 16.0 Å². The molecule has 0 saturated heterocycles. The number of nitrogens with zero attached hydrogens (tertiary/aromatic N) is 3. The molecule has 5 nitrogen and oxygen atoms in total. The van der Waals surface area contributed by atoms with Crippen LogP contribution in [0.4, 0.5) is 0 Å². The van der Waals surface area contributed by atoms with Crippen LogP contribution in [0.1, 0.15) is 40.6 Å². The summed E-state index contributed by atoms with van der Waals surface area (Å²) in [6, 6.07) is 4.11. The molecular formula is C19H20N4OS. The number of aryl methyl sites for hydroxylation is 1. The highest BCUT2D eigenvalue weighted by Gasteiger charge is 2.36. The topological polar surface area (TPSA) is 59.8 Å². The number of pyridine rings is 1. The first-order chi connectivity index (χ1) is 12.2. The van der Waals surface area contributed by atoms with E-state index < -0.39 is 0 Å². The molecule has 1 saturated carbocycles. The number of nitrogens with one attached hydrogen (secondary N) is 1. The first-order valence-corrected chi connectivity index (χ1v) is 9.68. The predicted octanol–water partition coefficient (Wildman–Crippen LogP) is 2.81. The zero-order chi connectivity index (χ0) is 17.0. The molecule has 0 bridgehead atoms. The van der Waals surface area contributed by atoms with Crippen LogP contribution in [0.25, 0.3) is 10.2 Å². The molecule has 2 aliphatic rings. The van der Waals surface area contributed by atoms with E-state index in [1.54, 1.807) is 17.7 Å². The maximum Gasteiger partial charge on any atom is 0.262 e. The van der Waals surface area contributed by atoms with Crippen LogP contribution in [0.2, 0.25) is 0 Å². The molecule has 128 valence electrons. The standard InChI is InChI=1S/C19H20N4OS/c1-11-4-7-21-14(8-11)17(12-2-3-12)23-10-22-18-16(19(23)24)13-5-6-20-9-15(13)25-18/h4,7-8,10,12,17,20H,2-3,5-6,9H2,1H3/t17-/m0/s1. The summed E-state index contributed by atoms with van der Waals surface area (Å²) in [4.78, 5) is 24.7. The molecule has 1 aliphatic heterocycles. The van der Waals surface area contributed by atoms with Gasteiger partial charge in [0.05, 0.1) is 23.4 Å². The molecule has 0 aromatic carbocycles. The Hall–Kier alpha value is -2.05. The van der Waals surface area contributed by atoms with Gasteiger partial charge in [0, 0.05) is 17.6 Å². The number of rotatable bonds is 3. The minimum absolute atomic E-state index is 0.00145. The Morgan fingerprint density at radius 2 is 2.24 bits per heavy atom. The van der Waals surface area contributed by atoms with Gasteiger partial charge in [-0.15, -0.1) is 11.3 Å². The van der Waals surface area contributed by atoms with Crippen LogP contribution >= 0.6 is 11.3 Å². The monoisotopic (exact) mass is 352 g/mol. The van der Waals surface area contributed by atoms with E-state index in [4.69, 9.17) is 0 Å². The van der Waals surface area contributed by atoms with E-state index >= 15 is 0 Å². The van der Waals surface area contributed by atoms with Crippen molar-refractivity contribution in [2.75, 3.05) is 6.54 Å². The second-order valence-electron chi connectivity index (χ2n) is 7.11. The Bertz CT molecular complexity index is 1020. The van der Waals surface area contributed by atoms with Gasteiger partial charge in [-0.3, -0.25) is 14.3 Å². The minimum atomic E-state index is 0.00145. The van der Waals surface area contributed by atoms with E-state index in [2.05, 4.69) is 28.3 Å². The summed E-state index contributed by atoms with van der Waals surface area (Å²) in [5.74, 6) is 0.488. The third kappa shape index (κ3) is 2.51. The van der Waals surface area contributed by atoms with Crippen LogP contribution in [-0.4, -0.2) is 21.1 Å². The second kappa shape index (κ2) is 5.75. The number of hydrogen-bond donors (Lipinski definition) is 1. The fourth-order valence-corrected chi connectivity index (χ4v) is 5.02. The smallest absolute Gasteiger partial charge is 0.262 e. The van der Waals surface area contributed by atoms with E-state index in [-0.39, 0.29) is 11.6 Å². The lowest BCUT2D eigenvalue weighted by molar-refractivity contribution is 0.489. The Balaban J connectivity index is 1.71. The predicted molar refractivity (Wildman–Crippen MR) is 99.1 cm³/mol. The van der Waals surface area contributed by atoms with Gasteiger partial charge in [-0.1, -0.05) is 0 Å². The van der Waals surface area contributed by atoms with E-state index in [0.717, 1.165) is 48.3 Å². The number of thiophene rings is 1. The average Bonchev–Trinajstić information content (AvgIpc) is 3.36. The third-order valence-electron chi connectivity index (χ3n) is 5.27. The molecule has 3 aromatic heterocycles. The Labute approximate surface area is 149 Å². The molecule has 1 fully saturated rings. The SMILES string of the molecule is Cc1ccnc([C@H](C2CC2)n2cnc3sc4c(c3c2=O)CCNC4)c1. The van der Waals surface area contributed by atoms with Gasteiger partial charge in [-0.25, -0.2) is 4.98 Å². The molecule has 0 spiro atoms. The molecular weight excluding hydrogens is 332 g/mol. The number of hydrogen-bond acceptors (Lipinski definition) is 5. The lowest BCUT2D eigenvalue weighted by atomic mass is 10.0. The molecule has 0 radical (unpaired) electrons. The lowest BCUT2D eigenvalue weighted by Gasteiger charge is -2.19. The second-order valence-corrected chi connectivity index (χ2v) is 8.19. The summed E-state index contributed by atoms with van der Waals surface area (Å²) >= 11 is 1.65. The van der Waals surface area contributed by atoms with Crippen molar-refractivity contribution in [3.05, 3.63) is 56.7 Å². The molecule has 1 aliphatic carbocycles. The van der Waals surface area contributed by atoms with Gasteiger partial charge in [-0.2, -0.15) is 0 Å². The van der Waals surface area contributed by atoms with Gasteiger partial charge < -0.3 is 5.32 Å². The van der Waals surface area contributed by atoms with Crippen LogP contribution < -0.4 is 10.9 Å². The summed E-state index contributed by atoms with van der Waals surface area (Å²) in [5.41, 5.74) is 3.47. The molecule has 5 rings (SSSR count). The van der Waals surface area contributed by atoms with Gasteiger partial charge >= 0.3 is 0 Å². The van der Waals surface area contributed by atoms with Crippen molar-refractivity contribution in [1.82, 2.24) is 19.9 Å². The zero-order valence-electron chi connectivity index (χ0n) is 14.2. The van der Waals surface area contributed by atoms with Crippen molar-refractivity contribution in [2.45, 2.75) is 38.8 Å². The minimum Gasteiger partial charge on any atom is -0.312 e. The summed E-state index contributed by atoms with van der Waals surface area (Å²) < 4.78 is 1.84.